The number of fused-ring (bicyclic) bond motifs is 1. The number of benzene rings is 3. The van der Waals surface area contributed by atoms with Gasteiger partial charge < -0.3 is 10.1 Å². The van der Waals surface area contributed by atoms with Crippen molar-refractivity contribution in [1.82, 2.24) is 19.7 Å². The Morgan fingerprint density at radius 3 is 2.45 bits per heavy atom. The fourth-order valence-corrected chi connectivity index (χ4v) is 5.54. The van der Waals surface area contributed by atoms with Gasteiger partial charge >= 0.3 is 6.36 Å². The van der Waals surface area contributed by atoms with Crippen molar-refractivity contribution < 1.29 is 27.1 Å². The molecule has 8 nitrogen and oxygen atoms in total. The van der Waals surface area contributed by atoms with Crippen LogP contribution in [0.25, 0.3) is 38.3 Å². The number of aromatic nitrogens is 4. The first kappa shape index (κ1) is 28.7. The van der Waals surface area contributed by atoms with Crippen LogP contribution in [-0.4, -0.2) is 32.0 Å². The fraction of sp³-hybridized carbons (Fsp3) is 0.0645. The van der Waals surface area contributed by atoms with E-state index in [2.05, 4.69) is 25.1 Å². The number of anilines is 1. The van der Waals surface area contributed by atoms with Gasteiger partial charge in [0.15, 0.2) is 11.4 Å². The van der Waals surface area contributed by atoms with Crippen LogP contribution in [0.3, 0.4) is 0 Å². The standard InChI is InChI=1S/C31H19F4N5O3S/c1-17-14-26(41)40(24-8-4-5-9-25(24)43-31(33,34)35)39-27(17)30(42)38-18-10-11-20(22(32)15-18)19-6-2-3-7-21(19)28-29-23(12-13-44-29)36-16-37-28/h2-16H,1H3,(H,38,42). The number of amides is 1. The van der Waals surface area contributed by atoms with E-state index in [4.69, 9.17) is 0 Å². The summed E-state index contributed by atoms with van der Waals surface area (Å²) in [5, 5.41) is 8.48. The van der Waals surface area contributed by atoms with Crippen LogP contribution in [0, 0.1) is 12.7 Å². The van der Waals surface area contributed by atoms with E-state index in [1.165, 1.54) is 54.9 Å². The van der Waals surface area contributed by atoms with Gasteiger partial charge in [-0.1, -0.05) is 36.4 Å². The topological polar surface area (TPSA) is 99.0 Å². The molecule has 0 unspecified atom stereocenters. The Hall–Kier alpha value is -5.43. The third kappa shape index (κ3) is 5.64. The number of carbonyl (C=O) groups excluding carboxylic acids is 1. The molecule has 3 aromatic heterocycles. The lowest BCUT2D eigenvalue weighted by molar-refractivity contribution is -0.274. The molecule has 3 heterocycles. The average Bonchev–Trinajstić information content (AvgIpc) is 3.46. The summed E-state index contributed by atoms with van der Waals surface area (Å²) in [6.07, 6.45) is -3.57. The van der Waals surface area contributed by atoms with Gasteiger partial charge in [0.25, 0.3) is 11.5 Å². The molecule has 0 fully saturated rings. The first-order chi connectivity index (χ1) is 21.1. The summed E-state index contributed by atoms with van der Waals surface area (Å²) in [6.45, 7) is 1.45. The van der Waals surface area contributed by atoms with Crippen LogP contribution in [0.5, 0.6) is 5.75 Å². The Labute approximate surface area is 250 Å². The fourth-order valence-electron chi connectivity index (χ4n) is 4.69. The van der Waals surface area contributed by atoms with Crippen LogP contribution in [0.2, 0.25) is 0 Å². The molecule has 6 rings (SSSR count). The highest BCUT2D eigenvalue weighted by atomic mass is 32.1. The molecule has 44 heavy (non-hydrogen) atoms. The van der Waals surface area contributed by atoms with E-state index in [1.54, 1.807) is 12.1 Å². The number of alkyl halides is 3. The van der Waals surface area contributed by atoms with E-state index >= 15 is 4.39 Å². The van der Waals surface area contributed by atoms with Gasteiger partial charge in [0.2, 0.25) is 0 Å². The minimum Gasteiger partial charge on any atom is -0.403 e. The van der Waals surface area contributed by atoms with Crippen molar-refractivity contribution >= 4 is 33.1 Å². The Bertz CT molecular complexity index is 2110. The summed E-state index contributed by atoms with van der Waals surface area (Å²) in [6, 6.07) is 19.2. The normalized spacial score (nSPS) is 11.5. The van der Waals surface area contributed by atoms with Gasteiger partial charge in [-0.25, -0.2) is 14.4 Å². The maximum Gasteiger partial charge on any atom is 0.573 e. The molecule has 0 aliphatic heterocycles. The molecule has 1 N–H and O–H groups in total. The summed E-state index contributed by atoms with van der Waals surface area (Å²) in [5.41, 5.74) is 1.89. The van der Waals surface area contributed by atoms with Crippen molar-refractivity contribution in [3.63, 3.8) is 0 Å². The molecule has 0 saturated heterocycles. The summed E-state index contributed by atoms with van der Waals surface area (Å²) in [7, 11) is 0. The minimum atomic E-state index is -5.02. The van der Waals surface area contributed by atoms with E-state index in [0.29, 0.717) is 21.5 Å². The third-order valence-corrected chi connectivity index (χ3v) is 7.51. The first-order valence-electron chi connectivity index (χ1n) is 12.9. The molecule has 3 aromatic carbocycles. The predicted octanol–water partition coefficient (Wildman–Crippen LogP) is 7.17. The minimum absolute atomic E-state index is 0.0937. The maximum atomic E-state index is 15.6. The van der Waals surface area contributed by atoms with Gasteiger partial charge in [-0.3, -0.25) is 9.59 Å². The molecule has 0 aliphatic carbocycles. The Morgan fingerprint density at radius 2 is 1.68 bits per heavy atom. The molecule has 0 radical (unpaired) electrons. The average molecular weight is 618 g/mol. The van der Waals surface area contributed by atoms with Crippen molar-refractivity contribution in [3.05, 3.63) is 118 Å². The number of para-hydroxylation sites is 2. The lowest BCUT2D eigenvalue weighted by Crippen LogP contribution is -2.28. The predicted molar refractivity (Wildman–Crippen MR) is 157 cm³/mol. The van der Waals surface area contributed by atoms with Crippen molar-refractivity contribution in [2.75, 3.05) is 5.32 Å². The highest BCUT2D eigenvalue weighted by Crippen LogP contribution is 2.37. The zero-order valence-corrected chi connectivity index (χ0v) is 23.4. The second kappa shape index (κ2) is 11.3. The van der Waals surface area contributed by atoms with E-state index in [1.807, 2.05) is 23.6 Å². The van der Waals surface area contributed by atoms with Gasteiger partial charge in [0.1, 0.15) is 17.8 Å². The smallest absolute Gasteiger partial charge is 0.403 e. The molecule has 0 atom stereocenters. The third-order valence-electron chi connectivity index (χ3n) is 6.60. The van der Waals surface area contributed by atoms with E-state index in [0.717, 1.165) is 28.4 Å². The summed E-state index contributed by atoms with van der Waals surface area (Å²) >= 11 is 1.48. The largest absolute Gasteiger partial charge is 0.573 e. The van der Waals surface area contributed by atoms with Gasteiger partial charge in [0.05, 0.1) is 15.9 Å². The lowest BCUT2D eigenvalue weighted by Gasteiger charge is -2.15. The molecule has 220 valence electrons. The van der Waals surface area contributed by atoms with Crippen LogP contribution in [0.1, 0.15) is 16.1 Å². The Balaban J connectivity index is 1.31. The van der Waals surface area contributed by atoms with Crippen molar-refractivity contribution in [3.8, 4) is 33.8 Å². The number of nitrogens with zero attached hydrogens (tertiary/aromatic N) is 4. The van der Waals surface area contributed by atoms with Crippen LogP contribution < -0.4 is 15.6 Å². The van der Waals surface area contributed by atoms with E-state index < -0.39 is 29.4 Å². The number of rotatable bonds is 6. The second-order valence-electron chi connectivity index (χ2n) is 9.49. The molecule has 13 heteroatoms. The number of hydrogen-bond acceptors (Lipinski definition) is 7. The summed E-state index contributed by atoms with van der Waals surface area (Å²) < 4.78 is 60.0. The number of hydrogen-bond donors (Lipinski definition) is 1. The molecular formula is C31H19F4N5O3S. The molecule has 0 bridgehead atoms. The van der Waals surface area contributed by atoms with Crippen LogP contribution in [0.4, 0.5) is 23.2 Å². The van der Waals surface area contributed by atoms with Gasteiger partial charge in [0, 0.05) is 22.9 Å². The van der Waals surface area contributed by atoms with Gasteiger partial charge in [-0.15, -0.1) is 24.5 Å². The number of nitrogens with one attached hydrogen (secondary N) is 1. The van der Waals surface area contributed by atoms with E-state index in [9.17, 15) is 22.8 Å². The lowest BCUT2D eigenvalue weighted by atomic mass is 9.96. The number of thiophene rings is 1. The highest BCUT2D eigenvalue weighted by Gasteiger charge is 2.32. The van der Waals surface area contributed by atoms with Gasteiger partial charge in [-0.05, 0) is 59.8 Å². The number of carbonyl (C=O) groups is 1. The summed E-state index contributed by atoms with van der Waals surface area (Å²) in [5.74, 6) is -2.11. The van der Waals surface area contributed by atoms with Crippen molar-refractivity contribution in [1.29, 1.82) is 0 Å². The molecule has 0 aliphatic rings. The number of halogens is 4. The van der Waals surface area contributed by atoms with Gasteiger partial charge in [-0.2, -0.15) is 9.78 Å². The molecular weight excluding hydrogens is 598 g/mol. The van der Waals surface area contributed by atoms with Crippen LogP contribution >= 0.6 is 11.3 Å². The zero-order valence-electron chi connectivity index (χ0n) is 22.6. The second-order valence-corrected chi connectivity index (χ2v) is 10.4. The monoisotopic (exact) mass is 617 g/mol. The first-order valence-corrected chi connectivity index (χ1v) is 13.8. The number of ether oxygens (including phenoxy) is 1. The number of aryl methyl sites for hydroxylation is 1. The van der Waals surface area contributed by atoms with Crippen molar-refractivity contribution in [2.45, 2.75) is 13.3 Å². The van der Waals surface area contributed by atoms with Crippen molar-refractivity contribution in [2.24, 2.45) is 0 Å². The van der Waals surface area contributed by atoms with Crippen LogP contribution in [-0.2, 0) is 0 Å². The zero-order chi connectivity index (χ0) is 31.0. The molecule has 1 amide bonds. The molecule has 6 aromatic rings. The quantitative estimate of drug-likeness (QED) is 0.199. The SMILES string of the molecule is Cc1cc(=O)n(-c2ccccc2OC(F)(F)F)nc1C(=O)Nc1ccc(-c2ccccc2-c2ncnc3ccsc23)c(F)c1. The van der Waals surface area contributed by atoms with Crippen LogP contribution in [0.15, 0.2) is 95.4 Å². The molecule has 0 saturated carbocycles. The Morgan fingerprint density at radius 1 is 0.932 bits per heavy atom. The molecule has 0 spiro atoms. The maximum absolute atomic E-state index is 15.6. The Kier molecular flexibility index (Phi) is 7.39. The summed E-state index contributed by atoms with van der Waals surface area (Å²) in [4.78, 5) is 34.6. The van der Waals surface area contributed by atoms with E-state index in [-0.39, 0.29) is 28.2 Å². The highest BCUT2D eigenvalue weighted by molar-refractivity contribution is 7.17.